The SMILES string of the molecule is CCO[C@@H]1C[C@H]1c1ccc(Cl)cc1. The third kappa shape index (κ3) is 2.04. The minimum atomic E-state index is 0.450. The fourth-order valence-electron chi connectivity index (χ4n) is 1.63. The molecule has 1 aromatic carbocycles. The van der Waals surface area contributed by atoms with Crippen LogP contribution in [-0.4, -0.2) is 12.7 Å². The first-order chi connectivity index (χ1) is 6.31. The molecule has 2 rings (SSSR count). The second-order valence-corrected chi connectivity index (χ2v) is 3.82. The van der Waals surface area contributed by atoms with Crippen LogP contribution >= 0.6 is 11.6 Å². The Balaban J connectivity index is 2.00. The maximum absolute atomic E-state index is 5.80. The lowest BCUT2D eigenvalue weighted by molar-refractivity contribution is 0.128. The Morgan fingerprint density at radius 1 is 1.38 bits per heavy atom. The molecule has 1 nitrogen and oxygen atoms in total. The van der Waals surface area contributed by atoms with Crippen molar-refractivity contribution < 1.29 is 4.74 Å². The van der Waals surface area contributed by atoms with Gasteiger partial charge in [-0.25, -0.2) is 0 Å². The van der Waals surface area contributed by atoms with Crippen molar-refractivity contribution >= 4 is 11.6 Å². The van der Waals surface area contributed by atoms with E-state index >= 15 is 0 Å². The molecule has 0 aromatic heterocycles. The lowest BCUT2D eigenvalue weighted by Gasteiger charge is -2.00. The van der Waals surface area contributed by atoms with Crippen molar-refractivity contribution in [3.63, 3.8) is 0 Å². The molecule has 13 heavy (non-hydrogen) atoms. The highest BCUT2D eigenvalue weighted by Crippen LogP contribution is 2.43. The fraction of sp³-hybridized carbons (Fsp3) is 0.455. The van der Waals surface area contributed by atoms with Gasteiger partial charge in [0, 0.05) is 17.5 Å². The molecular formula is C11H13ClO. The van der Waals surface area contributed by atoms with Gasteiger partial charge in [0.25, 0.3) is 0 Å². The van der Waals surface area contributed by atoms with E-state index in [1.54, 1.807) is 0 Å². The van der Waals surface area contributed by atoms with E-state index in [0.29, 0.717) is 12.0 Å². The van der Waals surface area contributed by atoms with Gasteiger partial charge in [-0.2, -0.15) is 0 Å². The average molecular weight is 197 g/mol. The van der Waals surface area contributed by atoms with Crippen molar-refractivity contribution in [2.24, 2.45) is 0 Å². The molecule has 0 heterocycles. The number of benzene rings is 1. The minimum Gasteiger partial charge on any atom is -0.378 e. The quantitative estimate of drug-likeness (QED) is 0.721. The molecular weight excluding hydrogens is 184 g/mol. The van der Waals surface area contributed by atoms with E-state index < -0.39 is 0 Å². The number of halogens is 1. The molecule has 1 aliphatic rings. The van der Waals surface area contributed by atoms with Crippen LogP contribution in [0.2, 0.25) is 5.02 Å². The smallest absolute Gasteiger partial charge is 0.0651 e. The highest BCUT2D eigenvalue weighted by Gasteiger charge is 2.38. The zero-order chi connectivity index (χ0) is 9.26. The fourth-order valence-corrected chi connectivity index (χ4v) is 1.76. The highest BCUT2D eigenvalue weighted by molar-refractivity contribution is 6.30. The first-order valence-electron chi connectivity index (χ1n) is 4.68. The van der Waals surface area contributed by atoms with Gasteiger partial charge in [-0.15, -0.1) is 0 Å². The van der Waals surface area contributed by atoms with Crippen LogP contribution in [0.5, 0.6) is 0 Å². The number of hydrogen-bond acceptors (Lipinski definition) is 1. The van der Waals surface area contributed by atoms with E-state index in [0.717, 1.165) is 18.1 Å². The van der Waals surface area contributed by atoms with Crippen molar-refractivity contribution in [2.45, 2.75) is 25.4 Å². The molecule has 2 heteroatoms. The molecule has 0 amide bonds. The second kappa shape index (κ2) is 3.69. The van der Waals surface area contributed by atoms with E-state index in [-0.39, 0.29) is 0 Å². The zero-order valence-corrected chi connectivity index (χ0v) is 8.42. The second-order valence-electron chi connectivity index (χ2n) is 3.39. The van der Waals surface area contributed by atoms with Crippen molar-refractivity contribution in [1.29, 1.82) is 0 Å². The van der Waals surface area contributed by atoms with Crippen molar-refractivity contribution in [1.82, 2.24) is 0 Å². The first kappa shape index (κ1) is 9.04. The number of hydrogen-bond donors (Lipinski definition) is 0. The van der Waals surface area contributed by atoms with Gasteiger partial charge in [-0.1, -0.05) is 23.7 Å². The molecule has 0 bridgehead atoms. The number of ether oxygens (including phenoxy) is 1. The van der Waals surface area contributed by atoms with Crippen LogP contribution in [0.15, 0.2) is 24.3 Å². The summed E-state index contributed by atoms with van der Waals surface area (Å²) < 4.78 is 5.52. The molecule has 0 aliphatic heterocycles. The molecule has 70 valence electrons. The third-order valence-corrected chi connectivity index (χ3v) is 2.66. The average Bonchev–Trinajstić information content (AvgIpc) is 2.86. The van der Waals surface area contributed by atoms with Crippen LogP contribution in [0.25, 0.3) is 0 Å². The van der Waals surface area contributed by atoms with E-state index in [1.165, 1.54) is 5.56 Å². The molecule has 1 aromatic rings. The lowest BCUT2D eigenvalue weighted by Crippen LogP contribution is -1.95. The summed E-state index contributed by atoms with van der Waals surface area (Å²) in [6.45, 7) is 2.85. The molecule has 0 radical (unpaired) electrons. The van der Waals surface area contributed by atoms with E-state index in [4.69, 9.17) is 16.3 Å². The molecule has 0 spiro atoms. The van der Waals surface area contributed by atoms with Crippen LogP contribution in [0.1, 0.15) is 24.8 Å². The summed E-state index contributed by atoms with van der Waals surface area (Å²) in [5, 5.41) is 0.803. The Kier molecular flexibility index (Phi) is 2.56. The van der Waals surface area contributed by atoms with Gasteiger partial charge in [0.2, 0.25) is 0 Å². The highest BCUT2D eigenvalue weighted by atomic mass is 35.5. The molecule has 0 saturated heterocycles. The van der Waals surface area contributed by atoms with E-state index in [9.17, 15) is 0 Å². The zero-order valence-electron chi connectivity index (χ0n) is 7.66. The predicted molar refractivity (Wildman–Crippen MR) is 54.2 cm³/mol. The third-order valence-electron chi connectivity index (χ3n) is 2.41. The van der Waals surface area contributed by atoms with Crippen LogP contribution in [-0.2, 0) is 4.74 Å². The Morgan fingerprint density at radius 3 is 2.69 bits per heavy atom. The summed E-state index contributed by atoms with van der Waals surface area (Å²) in [5.41, 5.74) is 1.35. The van der Waals surface area contributed by atoms with Gasteiger partial charge >= 0.3 is 0 Å². The summed E-state index contributed by atoms with van der Waals surface area (Å²) in [7, 11) is 0. The van der Waals surface area contributed by atoms with Crippen LogP contribution in [0.3, 0.4) is 0 Å². The van der Waals surface area contributed by atoms with E-state index in [2.05, 4.69) is 12.1 Å². The van der Waals surface area contributed by atoms with Gasteiger partial charge in [0.05, 0.1) is 6.10 Å². The molecule has 2 atom stereocenters. The van der Waals surface area contributed by atoms with Crippen LogP contribution in [0, 0.1) is 0 Å². The standard InChI is InChI=1S/C11H13ClO/c1-2-13-11-7-10(11)8-3-5-9(12)6-4-8/h3-6,10-11H,2,7H2,1H3/t10-,11+/m0/s1. The first-order valence-corrected chi connectivity index (χ1v) is 5.06. The summed E-state index contributed by atoms with van der Waals surface area (Å²) in [5.74, 6) is 0.609. The summed E-state index contributed by atoms with van der Waals surface area (Å²) in [4.78, 5) is 0. The Morgan fingerprint density at radius 2 is 2.08 bits per heavy atom. The molecule has 0 N–H and O–H groups in total. The normalized spacial score (nSPS) is 26.0. The number of rotatable bonds is 3. The van der Waals surface area contributed by atoms with Gasteiger partial charge in [-0.05, 0) is 31.0 Å². The van der Waals surface area contributed by atoms with Crippen molar-refractivity contribution in [3.05, 3.63) is 34.9 Å². The predicted octanol–water partition coefficient (Wildman–Crippen LogP) is 3.23. The Labute approximate surface area is 83.7 Å². The monoisotopic (exact) mass is 196 g/mol. The molecule has 1 fully saturated rings. The molecule has 0 unspecified atom stereocenters. The molecule has 1 saturated carbocycles. The lowest BCUT2D eigenvalue weighted by atomic mass is 10.1. The summed E-state index contributed by atoms with van der Waals surface area (Å²) >= 11 is 5.80. The topological polar surface area (TPSA) is 9.23 Å². The van der Waals surface area contributed by atoms with Crippen molar-refractivity contribution in [3.8, 4) is 0 Å². The minimum absolute atomic E-state index is 0.450. The van der Waals surface area contributed by atoms with Gasteiger partial charge in [0.15, 0.2) is 0 Å². The van der Waals surface area contributed by atoms with E-state index in [1.807, 2.05) is 19.1 Å². The largest absolute Gasteiger partial charge is 0.378 e. The van der Waals surface area contributed by atoms with Crippen LogP contribution < -0.4 is 0 Å². The van der Waals surface area contributed by atoms with Crippen molar-refractivity contribution in [2.75, 3.05) is 6.61 Å². The Bertz CT molecular complexity index is 281. The Hall–Kier alpha value is -0.530. The summed E-state index contributed by atoms with van der Waals surface area (Å²) in [6, 6.07) is 8.06. The van der Waals surface area contributed by atoms with Gasteiger partial charge < -0.3 is 4.74 Å². The van der Waals surface area contributed by atoms with Gasteiger partial charge in [-0.3, -0.25) is 0 Å². The van der Waals surface area contributed by atoms with Gasteiger partial charge in [0.1, 0.15) is 0 Å². The maximum atomic E-state index is 5.80. The molecule has 1 aliphatic carbocycles. The van der Waals surface area contributed by atoms with Crippen LogP contribution in [0.4, 0.5) is 0 Å². The summed E-state index contributed by atoms with van der Waals surface area (Å²) in [6.07, 6.45) is 1.61. The maximum Gasteiger partial charge on any atom is 0.0651 e.